The maximum absolute atomic E-state index is 12.4. The number of rotatable bonds is 9. The number of aryl methyl sites for hydroxylation is 1. The third-order valence-electron chi connectivity index (χ3n) is 4.92. The second-order valence-corrected chi connectivity index (χ2v) is 7.23. The van der Waals surface area contributed by atoms with Gasteiger partial charge in [0.25, 0.3) is 5.69 Å². The summed E-state index contributed by atoms with van der Waals surface area (Å²) in [5.74, 6) is 0.547. The number of carbonyl (C=O) groups is 1. The molecule has 0 unspecified atom stereocenters. The number of imidazole rings is 1. The number of nitrogens with one attached hydrogen (secondary N) is 1. The van der Waals surface area contributed by atoms with Crippen LogP contribution in [0.4, 0.5) is 5.69 Å². The Kier molecular flexibility index (Phi) is 6.95. The number of aromatic nitrogens is 2. The fourth-order valence-corrected chi connectivity index (χ4v) is 3.42. The van der Waals surface area contributed by atoms with Gasteiger partial charge in [0, 0.05) is 24.8 Å². The fraction of sp³-hybridized carbons (Fsp3) is 0.304. The zero-order chi connectivity index (χ0) is 21.5. The highest BCUT2D eigenvalue weighted by Crippen LogP contribution is 2.22. The van der Waals surface area contributed by atoms with Crippen LogP contribution in [-0.2, 0) is 11.3 Å². The van der Waals surface area contributed by atoms with Crippen molar-refractivity contribution in [1.29, 1.82) is 0 Å². The number of benzene rings is 2. The van der Waals surface area contributed by atoms with Gasteiger partial charge in [0.2, 0.25) is 5.91 Å². The summed E-state index contributed by atoms with van der Waals surface area (Å²) < 4.78 is 2.18. The van der Waals surface area contributed by atoms with Gasteiger partial charge in [0.15, 0.2) is 0 Å². The first-order chi connectivity index (χ1) is 14.5. The normalized spacial score (nSPS) is 12.3. The Morgan fingerprint density at radius 3 is 2.80 bits per heavy atom. The maximum Gasteiger partial charge on any atom is 0.270 e. The van der Waals surface area contributed by atoms with E-state index in [4.69, 9.17) is 4.98 Å². The van der Waals surface area contributed by atoms with Crippen LogP contribution < -0.4 is 5.32 Å². The molecule has 3 aromatic rings. The van der Waals surface area contributed by atoms with Gasteiger partial charge >= 0.3 is 0 Å². The molecule has 0 radical (unpaired) electrons. The molecule has 3 rings (SSSR count). The summed E-state index contributed by atoms with van der Waals surface area (Å²) in [6, 6.07) is 13.9. The summed E-state index contributed by atoms with van der Waals surface area (Å²) in [7, 11) is 0. The quantitative estimate of drug-likeness (QED) is 0.234. The summed E-state index contributed by atoms with van der Waals surface area (Å²) >= 11 is 0. The Bertz CT molecular complexity index is 1070. The number of hydrogen-bond acceptors (Lipinski definition) is 4. The van der Waals surface area contributed by atoms with E-state index in [2.05, 4.69) is 22.9 Å². The molecule has 2 aromatic carbocycles. The molecule has 30 heavy (non-hydrogen) atoms. The molecule has 1 atom stereocenters. The van der Waals surface area contributed by atoms with Crippen LogP contribution in [0.3, 0.4) is 0 Å². The van der Waals surface area contributed by atoms with Gasteiger partial charge in [-0.25, -0.2) is 4.98 Å². The lowest BCUT2D eigenvalue weighted by Crippen LogP contribution is -2.27. The van der Waals surface area contributed by atoms with Gasteiger partial charge in [-0.1, -0.05) is 44.0 Å². The first-order valence-corrected chi connectivity index (χ1v) is 10.2. The largest absolute Gasteiger partial charge is 0.343 e. The van der Waals surface area contributed by atoms with Crippen LogP contribution >= 0.6 is 0 Å². The molecule has 1 N–H and O–H groups in total. The third kappa shape index (κ3) is 5.11. The second-order valence-electron chi connectivity index (χ2n) is 7.23. The number of non-ortho nitro benzene ring substituents is 1. The fourth-order valence-electron chi connectivity index (χ4n) is 3.42. The maximum atomic E-state index is 12.4. The van der Waals surface area contributed by atoms with E-state index >= 15 is 0 Å². The number of fused-ring (bicyclic) bond motifs is 1. The molecule has 0 saturated carbocycles. The van der Waals surface area contributed by atoms with Crippen LogP contribution in [0.2, 0.25) is 0 Å². The van der Waals surface area contributed by atoms with Crippen molar-refractivity contribution in [3.63, 3.8) is 0 Å². The Morgan fingerprint density at radius 2 is 2.03 bits per heavy atom. The van der Waals surface area contributed by atoms with E-state index in [1.165, 1.54) is 18.2 Å². The van der Waals surface area contributed by atoms with Gasteiger partial charge in [0.1, 0.15) is 5.82 Å². The number of nitrogens with zero attached hydrogens (tertiary/aromatic N) is 3. The Balaban J connectivity index is 1.75. The summed E-state index contributed by atoms with van der Waals surface area (Å²) in [6.45, 7) is 4.94. The zero-order valence-corrected chi connectivity index (χ0v) is 17.2. The van der Waals surface area contributed by atoms with Gasteiger partial charge < -0.3 is 9.88 Å². The van der Waals surface area contributed by atoms with E-state index in [-0.39, 0.29) is 17.6 Å². The van der Waals surface area contributed by atoms with E-state index in [0.717, 1.165) is 42.7 Å². The van der Waals surface area contributed by atoms with Gasteiger partial charge in [0.05, 0.1) is 22.0 Å². The van der Waals surface area contributed by atoms with Crippen molar-refractivity contribution in [3.8, 4) is 0 Å². The van der Waals surface area contributed by atoms with Crippen molar-refractivity contribution in [2.45, 2.75) is 45.7 Å². The molecule has 0 aliphatic carbocycles. The molecule has 7 heteroatoms. The van der Waals surface area contributed by atoms with E-state index in [0.29, 0.717) is 5.56 Å². The lowest BCUT2D eigenvalue weighted by atomic mass is 10.2. The topological polar surface area (TPSA) is 90.1 Å². The minimum Gasteiger partial charge on any atom is -0.343 e. The molecule has 7 nitrogen and oxygen atoms in total. The summed E-state index contributed by atoms with van der Waals surface area (Å²) in [4.78, 5) is 27.6. The first kappa shape index (κ1) is 21.2. The number of para-hydroxylation sites is 2. The van der Waals surface area contributed by atoms with E-state index in [1.807, 2.05) is 25.1 Å². The Labute approximate surface area is 175 Å². The lowest BCUT2D eigenvalue weighted by molar-refractivity contribution is -0.384. The van der Waals surface area contributed by atoms with Crippen molar-refractivity contribution in [1.82, 2.24) is 14.9 Å². The predicted molar refractivity (Wildman–Crippen MR) is 118 cm³/mol. The van der Waals surface area contributed by atoms with Crippen molar-refractivity contribution in [3.05, 3.63) is 76.1 Å². The zero-order valence-electron chi connectivity index (χ0n) is 17.2. The van der Waals surface area contributed by atoms with Crippen molar-refractivity contribution in [2.75, 3.05) is 0 Å². The highest BCUT2D eigenvalue weighted by atomic mass is 16.6. The lowest BCUT2D eigenvalue weighted by Gasteiger charge is -2.15. The Morgan fingerprint density at radius 1 is 1.23 bits per heavy atom. The number of unbranched alkanes of at least 4 members (excludes halogenated alkanes) is 2. The third-order valence-corrected chi connectivity index (χ3v) is 4.92. The van der Waals surface area contributed by atoms with Crippen molar-refractivity contribution in [2.24, 2.45) is 0 Å². The minimum absolute atomic E-state index is 0.00766. The molecule has 1 heterocycles. The molecule has 1 amide bonds. The molecular weight excluding hydrogens is 380 g/mol. The summed E-state index contributed by atoms with van der Waals surface area (Å²) in [6.07, 6.45) is 6.28. The molecule has 0 fully saturated rings. The molecule has 0 aliphatic heterocycles. The smallest absolute Gasteiger partial charge is 0.270 e. The van der Waals surface area contributed by atoms with E-state index in [1.54, 1.807) is 18.2 Å². The number of nitro groups is 1. The molecule has 0 saturated heterocycles. The highest BCUT2D eigenvalue weighted by molar-refractivity contribution is 5.92. The molecule has 0 aliphatic rings. The molecule has 156 valence electrons. The van der Waals surface area contributed by atoms with Crippen LogP contribution in [-0.4, -0.2) is 20.4 Å². The monoisotopic (exact) mass is 406 g/mol. The average Bonchev–Trinajstić information content (AvgIpc) is 3.11. The van der Waals surface area contributed by atoms with Crippen LogP contribution in [0.1, 0.15) is 50.5 Å². The number of hydrogen-bond donors (Lipinski definition) is 1. The minimum atomic E-state index is -0.456. The SMILES string of the molecule is CCCCCn1c([C@@H](C)NC(=O)/C=C/c2cccc([N+](=O)[O-])c2)nc2ccccc21. The Hall–Kier alpha value is -3.48. The molecule has 1 aromatic heterocycles. The van der Waals surface area contributed by atoms with Gasteiger partial charge in [-0.05, 0) is 37.1 Å². The van der Waals surface area contributed by atoms with E-state index in [9.17, 15) is 14.9 Å². The molecule has 0 bridgehead atoms. The van der Waals surface area contributed by atoms with Gasteiger partial charge in [-0.15, -0.1) is 0 Å². The molecule has 0 spiro atoms. The second kappa shape index (κ2) is 9.82. The van der Waals surface area contributed by atoms with Gasteiger partial charge in [-0.3, -0.25) is 14.9 Å². The van der Waals surface area contributed by atoms with Crippen molar-refractivity contribution >= 4 is 28.7 Å². The van der Waals surface area contributed by atoms with Crippen molar-refractivity contribution < 1.29 is 9.72 Å². The number of nitro benzene ring substituents is 1. The van der Waals surface area contributed by atoms with Gasteiger partial charge in [-0.2, -0.15) is 0 Å². The molecular formula is C23H26N4O3. The van der Waals surface area contributed by atoms with Crippen LogP contribution in [0.15, 0.2) is 54.6 Å². The highest BCUT2D eigenvalue weighted by Gasteiger charge is 2.17. The summed E-state index contributed by atoms with van der Waals surface area (Å²) in [5, 5.41) is 13.8. The van der Waals surface area contributed by atoms with E-state index < -0.39 is 4.92 Å². The number of amides is 1. The average molecular weight is 406 g/mol. The van der Waals surface area contributed by atoms with Crippen LogP contribution in [0, 0.1) is 10.1 Å². The van der Waals surface area contributed by atoms with Crippen LogP contribution in [0.5, 0.6) is 0 Å². The number of carbonyl (C=O) groups excluding carboxylic acids is 1. The summed E-state index contributed by atoms with van der Waals surface area (Å²) in [5.41, 5.74) is 2.57. The van der Waals surface area contributed by atoms with Crippen LogP contribution in [0.25, 0.3) is 17.1 Å². The first-order valence-electron chi connectivity index (χ1n) is 10.2. The predicted octanol–water partition coefficient (Wildman–Crippen LogP) is 5.03. The standard InChI is InChI=1S/C23H26N4O3/c1-3-4-7-15-26-21-12-6-5-11-20(21)25-23(26)17(2)24-22(28)14-13-18-9-8-10-19(16-18)27(29)30/h5-6,8-14,16-17H,3-4,7,15H2,1-2H3,(H,24,28)/b14-13+/t17-/m1/s1.